The molecule has 2 rings (SSSR count). The predicted octanol–water partition coefficient (Wildman–Crippen LogP) is 1.71. The lowest BCUT2D eigenvalue weighted by Crippen LogP contribution is -2.46. The fourth-order valence-corrected chi connectivity index (χ4v) is 4.02. The molecule has 4 atom stereocenters. The van der Waals surface area contributed by atoms with Gasteiger partial charge >= 0.3 is 0 Å². The van der Waals surface area contributed by atoms with Crippen LogP contribution in [0.25, 0.3) is 0 Å². The Balaban J connectivity index is 2.11. The second-order valence-corrected chi connectivity index (χ2v) is 6.98. The van der Waals surface area contributed by atoms with Gasteiger partial charge in [-0.3, -0.25) is 4.90 Å². The van der Waals surface area contributed by atoms with Gasteiger partial charge in [0.05, 0.1) is 6.61 Å². The van der Waals surface area contributed by atoms with Gasteiger partial charge in [-0.2, -0.15) is 0 Å². The third-order valence-electron chi connectivity index (χ3n) is 4.98. The van der Waals surface area contributed by atoms with Gasteiger partial charge in [0.15, 0.2) is 0 Å². The highest BCUT2D eigenvalue weighted by Gasteiger charge is 2.49. The standard InChI is InChI=1S/C13H26BNO/c1-12(14)6-5-11-10(7-12)8-13(2,9-16-4)15(11)3/h10-11H,5-9,14H2,1-4H3. The van der Waals surface area contributed by atoms with Gasteiger partial charge in [-0.25, -0.2) is 0 Å². The minimum atomic E-state index is 0.268. The van der Waals surface area contributed by atoms with Crippen molar-refractivity contribution in [2.24, 2.45) is 5.92 Å². The fourth-order valence-electron chi connectivity index (χ4n) is 4.02. The van der Waals surface area contributed by atoms with E-state index in [1.165, 1.54) is 25.7 Å². The molecule has 0 spiro atoms. The van der Waals surface area contributed by atoms with Gasteiger partial charge in [0, 0.05) is 18.7 Å². The van der Waals surface area contributed by atoms with Crippen LogP contribution in [0.3, 0.4) is 0 Å². The van der Waals surface area contributed by atoms with E-state index >= 15 is 0 Å². The Morgan fingerprint density at radius 3 is 2.69 bits per heavy atom. The van der Waals surface area contributed by atoms with E-state index in [9.17, 15) is 0 Å². The summed E-state index contributed by atoms with van der Waals surface area (Å²) < 4.78 is 5.42. The first kappa shape index (κ1) is 12.4. The molecule has 1 saturated carbocycles. The van der Waals surface area contributed by atoms with E-state index in [2.05, 4.69) is 33.6 Å². The third kappa shape index (κ3) is 2.04. The first-order valence-corrected chi connectivity index (χ1v) is 6.60. The molecular weight excluding hydrogens is 197 g/mol. The molecule has 2 fully saturated rings. The molecule has 1 aliphatic carbocycles. The number of rotatable bonds is 2. The number of ether oxygens (including phenoxy) is 1. The summed E-state index contributed by atoms with van der Waals surface area (Å²) in [4.78, 5) is 2.59. The number of nitrogens with zero attached hydrogens (tertiary/aromatic N) is 1. The molecule has 0 aromatic heterocycles. The van der Waals surface area contributed by atoms with Crippen molar-refractivity contribution in [3.8, 4) is 0 Å². The van der Waals surface area contributed by atoms with Crippen LogP contribution in [0.5, 0.6) is 0 Å². The highest BCUT2D eigenvalue weighted by atomic mass is 16.5. The van der Waals surface area contributed by atoms with Crippen LogP contribution in [-0.4, -0.2) is 45.1 Å². The van der Waals surface area contributed by atoms with Crippen LogP contribution in [0.1, 0.15) is 39.5 Å². The van der Waals surface area contributed by atoms with Crippen LogP contribution in [0.2, 0.25) is 5.31 Å². The van der Waals surface area contributed by atoms with Gasteiger partial charge in [0.1, 0.15) is 7.85 Å². The van der Waals surface area contributed by atoms with Crippen LogP contribution in [0.4, 0.5) is 0 Å². The summed E-state index contributed by atoms with van der Waals surface area (Å²) in [5.41, 5.74) is 0.268. The van der Waals surface area contributed by atoms with Crippen molar-refractivity contribution < 1.29 is 4.74 Å². The summed E-state index contributed by atoms with van der Waals surface area (Å²) in [6.45, 7) is 5.66. The molecule has 0 amide bonds. The highest BCUT2D eigenvalue weighted by molar-refractivity contribution is 6.14. The number of hydrogen-bond donors (Lipinski definition) is 0. The van der Waals surface area contributed by atoms with Crippen molar-refractivity contribution in [2.45, 2.75) is 56.4 Å². The molecule has 0 bridgehead atoms. The maximum Gasteiger partial charge on any atom is 0.109 e. The van der Waals surface area contributed by atoms with E-state index in [1.54, 1.807) is 0 Å². The van der Waals surface area contributed by atoms with Crippen molar-refractivity contribution in [2.75, 3.05) is 20.8 Å². The van der Waals surface area contributed by atoms with Gasteiger partial charge in [-0.05, 0) is 32.7 Å². The molecule has 3 heteroatoms. The Bertz CT molecular complexity index is 269. The maximum absolute atomic E-state index is 5.42. The quantitative estimate of drug-likeness (QED) is 0.661. The van der Waals surface area contributed by atoms with Gasteiger partial charge in [-0.15, -0.1) is 0 Å². The molecule has 2 nitrogen and oxygen atoms in total. The van der Waals surface area contributed by atoms with Crippen LogP contribution in [0, 0.1) is 5.92 Å². The van der Waals surface area contributed by atoms with Crippen molar-refractivity contribution in [3.05, 3.63) is 0 Å². The SMILES string of the molecule is BC1(C)CCC2C(C1)CC(C)(COC)N2C. The van der Waals surface area contributed by atoms with E-state index in [1.807, 2.05) is 7.11 Å². The lowest BCUT2D eigenvalue weighted by atomic mass is 9.58. The zero-order chi connectivity index (χ0) is 12.0. The van der Waals surface area contributed by atoms with Crippen molar-refractivity contribution in [3.63, 3.8) is 0 Å². The Labute approximate surface area is 101 Å². The second-order valence-electron chi connectivity index (χ2n) is 6.98. The Morgan fingerprint density at radius 1 is 1.38 bits per heavy atom. The molecule has 1 aliphatic heterocycles. The molecule has 92 valence electrons. The van der Waals surface area contributed by atoms with E-state index in [-0.39, 0.29) is 5.54 Å². The lowest BCUT2D eigenvalue weighted by Gasteiger charge is -2.40. The number of hydrogen-bond acceptors (Lipinski definition) is 2. The van der Waals surface area contributed by atoms with E-state index in [0.717, 1.165) is 18.6 Å². The average molecular weight is 223 g/mol. The molecule has 0 aromatic carbocycles. The van der Waals surface area contributed by atoms with E-state index in [0.29, 0.717) is 5.31 Å². The minimum Gasteiger partial charge on any atom is -0.383 e. The molecule has 0 N–H and O–H groups in total. The molecule has 2 aliphatic rings. The number of methoxy groups -OCH3 is 1. The lowest BCUT2D eigenvalue weighted by molar-refractivity contribution is 0.0451. The van der Waals surface area contributed by atoms with E-state index < -0.39 is 0 Å². The zero-order valence-electron chi connectivity index (χ0n) is 11.5. The third-order valence-corrected chi connectivity index (χ3v) is 4.98. The predicted molar refractivity (Wildman–Crippen MR) is 70.7 cm³/mol. The molecule has 16 heavy (non-hydrogen) atoms. The van der Waals surface area contributed by atoms with Gasteiger partial charge in [0.2, 0.25) is 0 Å². The zero-order valence-corrected chi connectivity index (χ0v) is 11.5. The fraction of sp³-hybridized carbons (Fsp3) is 1.00. The van der Waals surface area contributed by atoms with Gasteiger partial charge in [-0.1, -0.05) is 25.1 Å². The highest BCUT2D eigenvalue weighted by Crippen LogP contribution is 2.51. The largest absolute Gasteiger partial charge is 0.383 e. The maximum atomic E-state index is 5.42. The summed E-state index contributed by atoms with van der Waals surface area (Å²) in [7, 11) is 6.54. The summed E-state index contributed by atoms with van der Waals surface area (Å²) in [6, 6.07) is 0.799. The summed E-state index contributed by atoms with van der Waals surface area (Å²) in [6.07, 6.45) is 5.45. The van der Waals surface area contributed by atoms with Crippen LogP contribution >= 0.6 is 0 Å². The molecule has 1 saturated heterocycles. The smallest absolute Gasteiger partial charge is 0.109 e. The van der Waals surface area contributed by atoms with Crippen LogP contribution in [0.15, 0.2) is 0 Å². The van der Waals surface area contributed by atoms with Crippen molar-refractivity contribution in [1.82, 2.24) is 4.90 Å². The van der Waals surface area contributed by atoms with Crippen LogP contribution in [-0.2, 0) is 4.74 Å². The molecule has 0 radical (unpaired) electrons. The van der Waals surface area contributed by atoms with Gasteiger partial charge < -0.3 is 4.74 Å². The number of likely N-dealkylation sites (tertiary alicyclic amines) is 1. The molecule has 4 unspecified atom stereocenters. The van der Waals surface area contributed by atoms with Crippen LogP contribution < -0.4 is 0 Å². The molecule has 1 heterocycles. The second kappa shape index (κ2) is 4.02. The summed E-state index contributed by atoms with van der Waals surface area (Å²) in [5, 5.41) is 0.556. The van der Waals surface area contributed by atoms with Crippen molar-refractivity contribution >= 4 is 7.85 Å². The molecular formula is C13H26BNO. The first-order valence-electron chi connectivity index (χ1n) is 6.60. The van der Waals surface area contributed by atoms with E-state index in [4.69, 9.17) is 4.74 Å². The topological polar surface area (TPSA) is 12.5 Å². The Morgan fingerprint density at radius 2 is 2.06 bits per heavy atom. The summed E-state index contributed by atoms with van der Waals surface area (Å²) in [5.74, 6) is 0.883. The molecule has 0 aromatic rings. The Hall–Kier alpha value is -0.0151. The normalized spacial score (nSPS) is 49.2. The summed E-state index contributed by atoms with van der Waals surface area (Å²) >= 11 is 0. The van der Waals surface area contributed by atoms with Gasteiger partial charge in [0.25, 0.3) is 0 Å². The number of likely N-dealkylation sites (N-methyl/N-ethyl adjacent to an activating group) is 1. The van der Waals surface area contributed by atoms with Crippen molar-refractivity contribution in [1.29, 1.82) is 0 Å². The monoisotopic (exact) mass is 223 g/mol. The average Bonchev–Trinajstić information content (AvgIpc) is 2.37. The number of fused-ring (bicyclic) bond motifs is 1. The Kier molecular flexibility index (Phi) is 3.13. The minimum absolute atomic E-state index is 0.268. The first-order chi connectivity index (χ1) is 7.38.